The van der Waals surface area contributed by atoms with Crippen LogP contribution < -0.4 is 10.1 Å². The Bertz CT molecular complexity index is 1100. The number of thiazole rings is 1. The molecule has 2 heterocycles. The Balaban J connectivity index is 2.35. The number of carboxylic acid groups (broad SMARTS) is 1. The highest BCUT2D eigenvalue weighted by Crippen LogP contribution is 2.45. The molecule has 8 nitrogen and oxygen atoms in total. The SMILES string of the molecule is CCOC(=O)C1=C(c2cncs2)NC(C)=C(C(=O)O)C1c1ccc(C#N)cc1OC. The second-order valence-corrected chi connectivity index (χ2v) is 7.23. The molecule has 1 aromatic heterocycles. The summed E-state index contributed by atoms with van der Waals surface area (Å²) in [4.78, 5) is 30.0. The number of nitrogens with one attached hydrogen (secondary N) is 1. The van der Waals surface area contributed by atoms with Gasteiger partial charge in [0.2, 0.25) is 0 Å². The quantitative estimate of drug-likeness (QED) is 0.678. The molecule has 0 radical (unpaired) electrons. The Kier molecular flexibility index (Phi) is 6.18. The first-order valence-electron chi connectivity index (χ1n) is 9.02. The summed E-state index contributed by atoms with van der Waals surface area (Å²) in [5.41, 5.74) is 3.38. The highest BCUT2D eigenvalue weighted by molar-refractivity contribution is 7.10. The van der Waals surface area contributed by atoms with Crippen molar-refractivity contribution in [3.05, 3.63) is 62.8 Å². The molecule has 1 aliphatic heterocycles. The van der Waals surface area contributed by atoms with Crippen molar-refractivity contribution < 1.29 is 24.2 Å². The summed E-state index contributed by atoms with van der Waals surface area (Å²) in [6.07, 6.45) is 1.60. The molecule has 0 fully saturated rings. The number of nitrogens with zero attached hydrogens (tertiary/aromatic N) is 2. The molecular formula is C21H19N3O5S. The zero-order valence-corrected chi connectivity index (χ0v) is 17.4. The average molecular weight is 425 g/mol. The summed E-state index contributed by atoms with van der Waals surface area (Å²) in [5.74, 6) is -2.49. The van der Waals surface area contributed by atoms with Crippen molar-refractivity contribution in [2.24, 2.45) is 0 Å². The van der Waals surface area contributed by atoms with Gasteiger partial charge in [0.15, 0.2) is 0 Å². The van der Waals surface area contributed by atoms with Crippen molar-refractivity contribution in [2.75, 3.05) is 13.7 Å². The summed E-state index contributed by atoms with van der Waals surface area (Å²) in [5, 5.41) is 22.2. The van der Waals surface area contributed by atoms with Crippen LogP contribution in [0.5, 0.6) is 5.75 Å². The number of methoxy groups -OCH3 is 1. The van der Waals surface area contributed by atoms with Crippen LogP contribution in [0.15, 0.2) is 46.7 Å². The van der Waals surface area contributed by atoms with Crippen LogP contribution in [0.1, 0.15) is 35.8 Å². The molecule has 154 valence electrons. The third-order valence-corrected chi connectivity index (χ3v) is 5.43. The van der Waals surface area contributed by atoms with E-state index >= 15 is 0 Å². The number of benzene rings is 1. The lowest BCUT2D eigenvalue weighted by Gasteiger charge is -2.31. The van der Waals surface area contributed by atoms with E-state index in [9.17, 15) is 20.0 Å². The number of hydrogen-bond donors (Lipinski definition) is 2. The van der Waals surface area contributed by atoms with Gasteiger partial charge in [0.05, 0.1) is 58.5 Å². The lowest BCUT2D eigenvalue weighted by atomic mass is 9.79. The number of ether oxygens (including phenoxy) is 2. The fraction of sp³-hybridized carbons (Fsp3) is 0.238. The third kappa shape index (κ3) is 3.77. The van der Waals surface area contributed by atoms with E-state index in [1.54, 1.807) is 37.7 Å². The van der Waals surface area contributed by atoms with Gasteiger partial charge in [-0.25, -0.2) is 9.59 Å². The number of carbonyl (C=O) groups is 2. The van der Waals surface area contributed by atoms with Gasteiger partial charge in [-0.05, 0) is 26.0 Å². The van der Waals surface area contributed by atoms with E-state index < -0.39 is 17.9 Å². The highest BCUT2D eigenvalue weighted by Gasteiger charge is 2.40. The molecule has 2 aromatic rings. The number of nitriles is 1. The van der Waals surface area contributed by atoms with Crippen LogP contribution in [0, 0.1) is 11.3 Å². The molecule has 0 saturated carbocycles. The molecule has 2 N–H and O–H groups in total. The van der Waals surface area contributed by atoms with Crippen LogP contribution >= 0.6 is 11.3 Å². The lowest BCUT2D eigenvalue weighted by Crippen LogP contribution is -2.32. The van der Waals surface area contributed by atoms with Gasteiger partial charge >= 0.3 is 11.9 Å². The molecule has 1 aliphatic rings. The summed E-state index contributed by atoms with van der Waals surface area (Å²) < 4.78 is 10.7. The number of rotatable bonds is 6. The van der Waals surface area contributed by atoms with E-state index in [4.69, 9.17) is 9.47 Å². The minimum Gasteiger partial charge on any atom is -0.496 e. The van der Waals surface area contributed by atoms with Gasteiger partial charge in [-0.15, -0.1) is 11.3 Å². The van der Waals surface area contributed by atoms with Gasteiger partial charge in [0.25, 0.3) is 0 Å². The molecule has 9 heteroatoms. The van der Waals surface area contributed by atoms with Crippen molar-refractivity contribution >= 4 is 29.0 Å². The predicted molar refractivity (Wildman–Crippen MR) is 110 cm³/mol. The molecular weight excluding hydrogens is 406 g/mol. The average Bonchev–Trinajstić information content (AvgIpc) is 3.27. The van der Waals surface area contributed by atoms with Crippen LogP contribution in [0.3, 0.4) is 0 Å². The standard InChI is InChI=1S/C21H19N3O5S/c1-4-29-21(27)18-17(13-6-5-12(8-22)7-14(13)28-3)16(20(25)26)11(2)24-19(18)15-9-23-10-30-15/h5-7,9-10,17,24H,4H2,1-3H3,(H,25,26). The smallest absolute Gasteiger partial charge is 0.337 e. The number of allylic oxidation sites excluding steroid dienone is 1. The minimum atomic E-state index is -1.18. The number of dihydropyridines is 1. The molecule has 1 unspecified atom stereocenters. The monoisotopic (exact) mass is 425 g/mol. The van der Waals surface area contributed by atoms with Gasteiger partial charge in [-0.2, -0.15) is 5.26 Å². The second kappa shape index (κ2) is 8.80. The van der Waals surface area contributed by atoms with Crippen molar-refractivity contribution in [3.63, 3.8) is 0 Å². The summed E-state index contributed by atoms with van der Waals surface area (Å²) in [6.45, 7) is 3.44. The van der Waals surface area contributed by atoms with Crippen LogP contribution in [-0.4, -0.2) is 35.7 Å². The van der Waals surface area contributed by atoms with Gasteiger partial charge in [0, 0.05) is 17.5 Å². The fourth-order valence-electron chi connectivity index (χ4n) is 3.40. The second-order valence-electron chi connectivity index (χ2n) is 6.35. The Labute approximate surface area is 177 Å². The van der Waals surface area contributed by atoms with Crippen molar-refractivity contribution in [2.45, 2.75) is 19.8 Å². The Morgan fingerprint density at radius 1 is 1.37 bits per heavy atom. The third-order valence-electron chi connectivity index (χ3n) is 4.64. The molecule has 0 amide bonds. The maximum absolute atomic E-state index is 13.0. The van der Waals surface area contributed by atoms with E-state index in [2.05, 4.69) is 10.3 Å². The molecule has 0 spiro atoms. The van der Waals surface area contributed by atoms with E-state index in [0.717, 1.165) is 0 Å². The first kappa shape index (κ1) is 21.1. The van der Waals surface area contributed by atoms with E-state index in [0.29, 0.717) is 33.1 Å². The van der Waals surface area contributed by atoms with Crippen molar-refractivity contribution in [3.8, 4) is 11.8 Å². The molecule has 0 aliphatic carbocycles. The first-order valence-corrected chi connectivity index (χ1v) is 9.90. The van der Waals surface area contributed by atoms with E-state index in [1.807, 2.05) is 6.07 Å². The van der Waals surface area contributed by atoms with E-state index in [1.165, 1.54) is 24.5 Å². The zero-order valence-electron chi connectivity index (χ0n) is 16.6. The normalized spacial score (nSPS) is 16.0. The van der Waals surface area contributed by atoms with Crippen molar-refractivity contribution in [1.82, 2.24) is 10.3 Å². The topological polar surface area (TPSA) is 122 Å². The predicted octanol–water partition coefficient (Wildman–Crippen LogP) is 3.04. The maximum Gasteiger partial charge on any atom is 0.337 e. The molecule has 0 bridgehead atoms. The maximum atomic E-state index is 13.0. The largest absolute Gasteiger partial charge is 0.496 e. The number of aliphatic carboxylic acids is 1. The minimum absolute atomic E-state index is 0.00525. The highest BCUT2D eigenvalue weighted by atomic mass is 32.1. The van der Waals surface area contributed by atoms with E-state index in [-0.39, 0.29) is 17.8 Å². The number of aromatic nitrogens is 1. The first-order chi connectivity index (χ1) is 14.4. The van der Waals surface area contributed by atoms with Crippen LogP contribution in [0.4, 0.5) is 0 Å². The fourth-order valence-corrected chi connectivity index (χ4v) is 4.04. The summed E-state index contributed by atoms with van der Waals surface area (Å²) >= 11 is 1.31. The van der Waals surface area contributed by atoms with Gasteiger partial charge < -0.3 is 19.9 Å². The number of carboxylic acids is 1. The zero-order chi connectivity index (χ0) is 21.8. The molecule has 0 saturated heterocycles. The number of esters is 1. The Hall–Kier alpha value is -3.64. The molecule has 30 heavy (non-hydrogen) atoms. The van der Waals surface area contributed by atoms with Gasteiger partial charge in [-0.1, -0.05) is 6.07 Å². The van der Waals surface area contributed by atoms with Gasteiger partial charge in [-0.3, -0.25) is 4.98 Å². The van der Waals surface area contributed by atoms with Gasteiger partial charge in [0.1, 0.15) is 5.75 Å². The molecule has 1 atom stereocenters. The van der Waals surface area contributed by atoms with Crippen LogP contribution in [-0.2, 0) is 14.3 Å². The molecule has 3 rings (SSSR count). The summed E-state index contributed by atoms with van der Waals surface area (Å²) in [7, 11) is 1.43. The van der Waals surface area contributed by atoms with Crippen LogP contribution in [0.25, 0.3) is 5.70 Å². The number of carbonyl (C=O) groups excluding carboxylic acids is 1. The lowest BCUT2D eigenvalue weighted by molar-refractivity contribution is -0.138. The Morgan fingerprint density at radius 2 is 2.13 bits per heavy atom. The number of hydrogen-bond acceptors (Lipinski definition) is 8. The summed E-state index contributed by atoms with van der Waals surface area (Å²) in [6, 6.07) is 6.71. The van der Waals surface area contributed by atoms with Crippen LogP contribution in [0.2, 0.25) is 0 Å². The molecule has 1 aromatic carbocycles. The Morgan fingerprint density at radius 3 is 2.70 bits per heavy atom. The van der Waals surface area contributed by atoms with Crippen molar-refractivity contribution in [1.29, 1.82) is 5.26 Å².